The van der Waals surface area contributed by atoms with E-state index in [-0.39, 0.29) is 0 Å². The predicted molar refractivity (Wildman–Crippen MR) is 31.0 cm³/mol. The van der Waals surface area contributed by atoms with Gasteiger partial charge in [0, 0.05) is 6.04 Å². The zero-order valence-corrected chi connectivity index (χ0v) is 4.85. The van der Waals surface area contributed by atoms with E-state index in [1.807, 2.05) is 0 Å². The van der Waals surface area contributed by atoms with Crippen LogP contribution in [0.3, 0.4) is 0 Å². The minimum absolute atomic E-state index is 0.887. The van der Waals surface area contributed by atoms with Gasteiger partial charge in [-0.15, -0.1) is 0 Å². The lowest BCUT2D eigenvalue weighted by Crippen LogP contribution is -2.19. The minimum atomic E-state index is 0.887. The quantitative estimate of drug-likeness (QED) is 0.496. The molecule has 0 aliphatic heterocycles. The van der Waals surface area contributed by atoms with E-state index in [0.29, 0.717) is 0 Å². The highest BCUT2D eigenvalue weighted by Crippen LogP contribution is 2.24. The van der Waals surface area contributed by atoms with Gasteiger partial charge >= 0.3 is 0 Å². The Hall–Kier alpha value is -0.0400. The van der Waals surface area contributed by atoms with Gasteiger partial charge < -0.3 is 4.90 Å². The van der Waals surface area contributed by atoms with Crippen LogP contribution in [0.2, 0.25) is 0 Å². The van der Waals surface area contributed by atoms with Crippen LogP contribution in [-0.2, 0) is 0 Å². The monoisotopic (exact) mass is 98.1 g/mol. The summed E-state index contributed by atoms with van der Waals surface area (Å²) >= 11 is 0. The summed E-state index contributed by atoms with van der Waals surface area (Å²) in [5.41, 5.74) is 0. The van der Waals surface area contributed by atoms with E-state index in [1.54, 1.807) is 0 Å². The standard InChI is InChI=1S/C6H12N/c1-3-7(2)6-4-5-6/h6H,1,3-5H2,2H3. The molecule has 1 saturated carbocycles. The fourth-order valence-corrected chi connectivity index (χ4v) is 0.698. The number of hydrogen-bond donors (Lipinski definition) is 0. The molecule has 1 heteroatoms. The maximum atomic E-state index is 3.77. The van der Waals surface area contributed by atoms with Gasteiger partial charge in [-0.25, -0.2) is 0 Å². The molecule has 41 valence electrons. The van der Waals surface area contributed by atoms with Crippen molar-refractivity contribution in [2.45, 2.75) is 18.9 Å². The second-order valence-corrected chi connectivity index (χ2v) is 2.21. The minimum Gasteiger partial charge on any atom is -0.303 e. The molecule has 0 aromatic heterocycles. The zero-order chi connectivity index (χ0) is 5.28. The first-order valence-electron chi connectivity index (χ1n) is 2.84. The third kappa shape index (κ3) is 1.16. The first-order chi connectivity index (χ1) is 3.34. The molecule has 1 rings (SSSR count). The average molecular weight is 98.2 g/mol. The molecule has 0 unspecified atom stereocenters. The summed E-state index contributed by atoms with van der Waals surface area (Å²) in [6, 6.07) is 0.887. The number of nitrogens with zero attached hydrogens (tertiary/aromatic N) is 1. The molecule has 1 aliphatic rings. The Morgan fingerprint density at radius 2 is 2.29 bits per heavy atom. The Morgan fingerprint density at radius 3 is 2.43 bits per heavy atom. The fraction of sp³-hybridized carbons (Fsp3) is 0.833. The van der Waals surface area contributed by atoms with Crippen LogP contribution in [-0.4, -0.2) is 24.5 Å². The summed E-state index contributed by atoms with van der Waals surface area (Å²) in [6.45, 7) is 4.74. The third-order valence-electron chi connectivity index (χ3n) is 1.52. The van der Waals surface area contributed by atoms with Crippen molar-refractivity contribution in [3.05, 3.63) is 6.92 Å². The van der Waals surface area contributed by atoms with Gasteiger partial charge in [0.05, 0.1) is 0 Å². The Bertz CT molecular complexity index is 57.2. The van der Waals surface area contributed by atoms with Crippen LogP contribution < -0.4 is 0 Å². The second-order valence-electron chi connectivity index (χ2n) is 2.21. The van der Waals surface area contributed by atoms with Crippen molar-refractivity contribution in [2.24, 2.45) is 0 Å². The van der Waals surface area contributed by atoms with Crippen molar-refractivity contribution in [2.75, 3.05) is 13.6 Å². The van der Waals surface area contributed by atoms with Gasteiger partial charge in [0.25, 0.3) is 0 Å². The van der Waals surface area contributed by atoms with Crippen molar-refractivity contribution >= 4 is 0 Å². The van der Waals surface area contributed by atoms with Gasteiger partial charge in [-0.3, -0.25) is 0 Å². The fourth-order valence-electron chi connectivity index (χ4n) is 0.698. The van der Waals surface area contributed by atoms with E-state index in [9.17, 15) is 0 Å². The Kier molecular flexibility index (Phi) is 1.33. The zero-order valence-electron chi connectivity index (χ0n) is 4.85. The van der Waals surface area contributed by atoms with Gasteiger partial charge in [0.15, 0.2) is 0 Å². The Balaban J connectivity index is 2.10. The second kappa shape index (κ2) is 1.83. The van der Waals surface area contributed by atoms with E-state index < -0.39 is 0 Å². The van der Waals surface area contributed by atoms with E-state index >= 15 is 0 Å². The third-order valence-corrected chi connectivity index (χ3v) is 1.52. The molecule has 0 aromatic carbocycles. The molecule has 0 amide bonds. The molecular weight excluding hydrogens is 86.1 g/mol. The molecular formula is C6H12N. The summed E-state index contributed by atoms with van der Waals surface area (Å²) in [5.74, 6) is 0. The smallest absolute Gasteiger partial charge is 0.00933 e. The van der Waals surface area contributed by atoms with Crippen LogP contribution in [0.4, 0.5) is 0 Å². The van der Waals surface area contributed by atoms with E-state index in [1.165, 1.54) is 12.8 Å². The van der Waals surface area contributed by atoms with Crippen LogP contribution in [0.5, 0.6) is 0 Å². The van der Waals surface area contributed by atoms with Crippen LogP contribution >= 0.6 is 0 Å². The molecule has 7 heavy (non-hydrogen) atoms. The van der Waals surface area contributed by atoms with Gasteiger partial charge in [-0.1, -0.05) is 0 Å². The van der Waals surface area contributed by atoms with Gasteiger partial charge in [-0.05, 0) is 33.4 Å². The highest BCUT2D eigenvalue weighted by atomic mass is 15.1. The molecule has 0 atom stereocenters. The molecule has 0 bridgehead atoms. The molecule has 0 saturated heterocycles. The summed E-state index contributed by atoms with van der Waals surface area (Å²) in [7, 11) is 2.13. The number of rotatable bonds is 2. The van der Waals surface area contributed by atoms with Gasteiger partial charge in [-0.2, -0.15) is 0 Å². The van der Waals surface area contributed by atoms with Crippen molar-refractivity contribution in [1.29, 1.82) is 0 Å². The first-order valence-corrected chi connectivity index (χ1v) is 2.84. The SMILES string of the molecule is [CH2]CN(C)C1CC1. The predicted octanol–water partition coefficient (Wildman–Crippen LogP) is 0.915. The molecule has 1 radical (unpaired) electrons. The highest BCUT2D eigenvalue weighted by Gasteiger charge is 2.24. The molecule has 0 heterocycles. The Labute approximate surface area is 45.3 Å². The average Bonchev–Trinajstić information content (AvgIpc) is 2.44. The molecule has 1 aliphatic carbocycles. The van der Waals surface area contributed by atoms with Crippen molar-refractivity contribution in [3.63, 3.8) is 0 Å². The molecule has 0 N–H and O–H groups in total. The first kappa shape index (κ1) is 5.10. The van der Waals surface area contributed by atoms with Crippen LogP contribution in [0, 0.1) is 6.92 Å². The molecule has 1 nitrogen and oxygen atoms in total. The van der Waals surface area contributed by atoms with Crippen molar-refractivity contribution < 1.29 is 0 Å². The van der Waals surface area contributed by atoms with E-state index in [4.69, 9.17) is 0 Å². The Morgan fingerprint density at radius 1 is 1.71 bits per heavy atom. The highest BCUT2D eigenvalue weighted by molar-refractivity contribution is 4.82. The van der Waals surface area contributed by atoms with Crippen molar-refractivity contribution in [3.8, 4) is 0 Å². The summed E-state index contributed by atoms with van der Waals surface area (Å²) in [5, 5.41) is 0. The lowest BCUT2D eigenvalue weighted by Gasteiger charge is -2.09. The number of hydrogen-bond acceptors (Lipinski definition) is 1. The van der Waals surface area contributed by atoms with Gasteiger partial charge in [0.2, 0.25) is 0 Å². The van der Waals surface area contributed by atoms with Crippen LogP contribution in [0.1, 0.15) is 12.8 Å². The van der Waals surface area contributed by atoms with Crippen molar-refractivity contribution in [1.82, 2.24) is 4.90 Å². The summed E-state index contributed by atoms with van der Waals surface area (Å²) in [6.07, 6.45) is 2.79. The normalized spacial score (nSPS) is 21.0. The molecule has 0 spiro atoms. The molecule has 1 fully saturated rings. The largest absolute Gasteiger partial charge is 0.303 e. The van der Waals surface area contributed by atoms with Gasteiger partial charge in [0.1, 0.15) is 0 Å². The summed E-state index contributed by atoms with van der Waals surface area (Å²) < 4.78 is 0. The van der Waals surface area contributed by atoms with Crippen LogP contribution in [0.25, 0.3) is 0 Å². The maximum Gasteiger partial charge on any atom is 0.00933 e. The topological polar surface area (TPSA) is 3.24 Å². The van der Waals surface area contributed by atoms with Crippen LogP contribution in [0.15, 0.2) is 0 Å². The van der Waals surface area contributed by atoms with E-state index in [2.05, 4.69) is 18.9 Å². The lowest BCUT2D eigenvalue weighted by molar-refractivity contribution is 0.359. The summed E-state index contributed by atoms with van der Waals surface area (Å²) in [4.78, 5) is 2.29. The molecule has 0 aromatic rings. The maximum absolute atomic E-state index is 3.77. The lowest BCUT2D eigenvalue weighted by atomic mass is 10.5. The van der Waals surface area contributed by atoms with E-state index in [0.717, 1.165) is 12.6 Å².